The van der Waals surface area contributed by atoms with E-state index in [1.807, 2.05) is 30.3 Å². The van der Waals surface area contributed by atoms with E-state index < -0.39 is 36.3 Å². The second kappa shape index (κ2) is 9.43. The number of ether oxygens (including phenoxy) is 1. The Bertz CT molecular complexity index is 1340. The number of amides is 3. The van der Waals surface area contributed by atoms with Crippen LogP contribution in [-0.4, -0.2) is 41.2 Å². The van der Waals surface area contributed by atoms with Crippen molar-refractivity contribution in [2.24, 2.45) is 0 Å². The first-order valence-electron chi connectivity index (χ1n) is 9.81. The third-order valence-electron chi connectivity index (χ3n) is 5.27. The molecule has 174 valence electrons. The lowest BCUT2D eigenvalue weighted by Gasteiger charge is -2.20. The van der Waals surface area contributed by atoms with Crippen LogP contribution >= 0.6 is 46.4 Å². The molecule has 0 spiro atoms. The van der Waals surface area contributed by atoms with Crippen molar-refractivity contribution in [1.82, 2.24) is 4.90 Å². The van der Waals surface area contributed by atoms with Gasteiger partial charge in [0.25, 0.3) is 17.7 Å². The monoisotopic (exact) mass is 538 g/mol. The van der Waals surface area contributed by atoms with Gasteiger partial charge >= 0.3 is 5.97 Å². The Hall–Kier alpha value is -2.84. The maximum atomic E-state index is 12.9. The van der Waals surface area contributed by atoms with Gasteiger partial charge in [-0.15, -0.1) is 0 Å². The minimum absolute atomic E-state index is 0.185. The fourth-order valence-electron chi connectivity index (χ4n) is 3.60. The topological polar surface area (TPSA) is 92.8 Å². The van der Waals surface area contributed by atoms with Crippen LogP contribution in [0.25, 0.3) is 10.8 Å². The number of esters is 1. The van der Waals surface area contributed by atoms with Crippen molar-refractivity contribution >= 4 is 86.6 Å². The molecule has 1 aliphatic heterocycles. The number of carbonyl (C=O) groups is 4. The molecule has 3 aromatic carbocycles. The highest BCUT2D eigenvalue weighted by Crippen LogP contribution is 2.45. The Kier molecular flexibility index (Phi) is 6.73. The van der Waals surface area contributed by atoms with Crippen LogP contribution in [0.1, 0.15) is 27.6 Å². The molecule has 1 N–H and O–H groups in total. The number of nitrogens with one attached hydrogen (secondary N) is 1. The van der Waals surface area contributed by atoms with E-state index in [9.17, 15) is 19.2 Å². The molecule has 3 amide bonds. The van der Waals surface area contributed by atoms with Crippen molar-refractivity contribution in [1.29, 1.82) is 0 Å². The van der Waals surface area contributed by atoms with Crippen molar-refractivity contribution in [2.75, 3.05) is 11.9 Å². The molecule has 0 radical (unpaired) electrons. The number of hydrogen-bond acceptors (Lipinski definition) is 5. The smallest absolute Gasteiger partial charge is 0.329 e. The number of carbonyl (C=O) groups excluding carboxylic acids is 4. The Labute approximate surface area is 213 Å². The second-order valence-electron chi connectivity index (χ2n) is 7.34. The lowest BCUT2D eigenvalue weighted by atomic mass is 10.1. The summed E-state index contributed by atoms with van der Waals surface area (Å²) < 4.78 is 5.05. The molecule has 3 aromatic rings. The zero-order valence-electron chi connectivity index (χ0n) is 17.3. The number of rotatable bonds is 5. The van der Waals surface area contributed by atoms with Gasteiger partial charge in [0.05, 0.1) is 31.2 Å². The number of hydrogen-bond donors (Lipinski definition) is 1. The van der Waals surface area contributed by atoms with Crippen LogP contribution in [-0.2, 0) is 14.3 Å². The van der Waals surface area contributed by atoms with Crippen LogP contribution in [0.3, 0.4) is 0 Å². The predicted octanol–water partition coefficient (Wildman–Crippen LogP) is 5.62. The van der Waals surface area contributed by atoms with Gasteiger partial charge < -0.3 is 10.1 Å². The summed E-state index contributed by atoms with van der Waals surface area (Å²) in [6.07, 6.45) is 0. The van der Waals surface area contributed by atoms with E-state index in [0.717, 1.165) is 10.8 Å². The quantitative estimate of drug-likeness (QED) is 0.196. The lowest BCUT2D eigenvalue weighted by molar-refractivity contribution is -0.150. The van der Waals surface area contributed by atoms with Gasteiger partial charge in [-0.25, -0.2) is 4.79 Å². The Balaban J connectivity index is 1.46. The zero-order chi connectivity index (χ0) is 24.7. The average Bonchev–Trinajstić information content (AvgIpc) is 3.09. The van der Waals surface area contributed by atoms with Gasteiger partial charge in [0, 0.05) is 11.1 Å². The van der Waals surface area contributed by atoms with Gasteiger partial charge in [0.15, 0.2) is 6.61 Å². The number of imide groups is 1. The second-order valence-corrected chi connectivity index (χ2v) is 8.86. The molecule has 0 fully saturated rings. The Morgan fingerprint density at radius 1 is 0.882 bits per heavy atom. The summed E-state index contributed by atoms with van der Waals surface area (Å²) in [6, 6.07) is 11.5. The van der Waals surface area contributed by atoms with Crippen molar-refractivity contribution in [3.8, 4) is 0 Å². The summed E-state index contributed by atoms with van der Waals surface area (Å²) in [7, 11) is 0. The van der Waals surface area contributed by atoms with Crippen LogP contribution in [0, 0.1) is 0 Å². The lowest BCUT2D eigenvalue weighted by Crippen LogP contribution is -2.44. The van der Waals surface area contributed by atoms with Crippen molar-refractivity contribution in [2.45, 2.75) is 13.0 Å². The summed E-state index contributed by atoms with van der Waals surface area (Å²) >= 11 is 24.2. The first kappa shape index (κ1) is 24.3. The standard InChI is InChI=1S/C23H14Cl4N2O5/c1-10(29-21(31)15-16(22(29)32)18(25)20(27)19(26)17(15)24)23(33)34-9-14(30)28-13-8-4-6-11-5-2-3-7-12(11)13/h2-8,10H,9H2,1H3,(H,28,30)/t10-/m0/s1. The van der Waals surface area contributed by atoms with Crippen molar-refractivity contribution < 1.29 is 23.9 Å². The third-order valence-corrected chi connectivity index (χ3v) is 7.07. The van der Waals surface area contributed by atoms with Crippen molar-refractivity contribution in [3.63, 3.8) is 0 Å². The molecule has 1 aliphatic rings. The molecule has 34 heavy (non-hydrogen) atoms. The third kappa shape index (κ3) is 4.09. The minimum atomic E-state index is -1.37. The summed E-state index contributed by atoms with van der Waals surface area (Å²) in [4.78, 5) is 51.3. The van der Waals surface area contributed by atoms with E-state index in [-0.39, 0.29) is 31.2 Å². The molecule has 0 aromatic heterocycles. The Morgan fingerprint density at radius 2 is 1.44 bits per heavy atom. The molecule has 1 atom stereocenters. The number of anilines is 1. The van der Waals surface area contributed by atoms with Crippen molar-refractivity contribution in [3.05, 3.63) is 73.7 Å². The zero-order valence-corrected chi connectivity index (χ0v) is 20.3. The molecule has 0 unspecified atom stereocenters. The molecule has 0 aliphatic carbocycles. The number of fused-ring (bicyclic) bond motifs is 2. The van der Waals surface area contributed by atoms with E-state index in [2.05, 4.69) is 5.32 Å². The molecule has 0 saturated heterocycles. The van der Waals surface area contributed by atoms with Crippen LogP contribution in [0.5, 0.6) is 0 Å². The molecular formula is C23H14Cl4N2O5. The largest absolute Gasteiger partial charge is 0.454 e. The molecule has 1 heterocycles. The van der Waals surface area contributed by atoms with E-state index in [0.29, 0.717) is 10.6 Å². The maximum absolute atomic E-state index is 12.9. The number of benzene rings is 3. The molecular weight excluding hydrogens is 526 g/mol. The molecule has 7 nitrogen and oxygen atoms in total. The fraction of sp³-hybridized carbons (Fsp3) is 0.130. The summed E-state index contributed by atoms with van der Waals surface area (Å²) in [5.74, 6) is -3.33. The first-order chi connectivity index (χ1) is 16.1. The van der Waals surface area contributed by atoms with Crippen LogP contribution in [0.4, 0.5) is 5.69 Å². The first-order valence-corrected chi connectivity index (χ1v) is 11.3. The van der Waals surface area contributed by atoms with E-state index in [1.54, 1.807) is 12.1 Å². The van der Waals surface area contributed by atoms with E-state index in [1.165, 1.54) is 6.92 Å². The number of nitrogens with zero attached hydrogens (tertiary/aromatic N) is 1. The predicted molar refractivity (Wildman–Crippen MR) is 130 cm³/mol. The van der Waals surface area contributed by atoms with Gasteiger partial charge in [-0.3, -0.25) is 19.3 Å². The minimum Gasteiger partial charge on any atom is -0.454 e. The normalized spacial score (nSPS) is 13.7. The summed E-state index contributed by atoms with van der Waals surface area (Å²) in [6.45, 7) is 0.645. The molecule has 0 saturated carbocycles. The van der Waals surface area contributed by atoms with E-state index in [4.69, 9.17) is 51.1 Å². The Morgan fingerprint density at radius 3 is 2.06 bits per heavy atom. The summed E-state index contributed by atoms with van der Waals surface area (Å²) in [5, 5.41) is 3.55. The highest BCUT2D eigenvalue weighted by atomic mass is 35.5. The van der Waals surface area contributed by atoms with Gasteiger partial charge in [-0.2, -0.15) is 0 Å². The fourth-order valence-corrected chi connectivity index (χ4v) is 4.62. The van der Waals surface area contributed by atoms with Crippen LogP contribution < -0.4 is 5.32 Å². The van der Waals surface area contributed by atoms with Crippen LogP contribution in [0.2, 0.25) is 20.1 Å². The van der Waals surface area contributed by atoms with Gasteiger partial charge in [0.2, 0.25) is 0 Å². The maximum Gasteiger partial charge on any atom is 0.329 e. The van der Waals surface area contributed by atoms with Gasteiger partial charge in [-0.05, 0) is 18.4 Å². The SMILES string of the molecule is C[C@@H](C(=O)OCC(=O)Nc1cccc2ccccc12)N1C(=O)c2c(Cl)c(Cl)c(Cl)c(Cl)c2C1=O. The van der Waals surface area contributed by atoms with E-state index >= 15 is 0 Å². The molecule has 0 bridgehead atoms. The van der Waals surface area contributed by atoms with Gasteiger partial charge in [-0.1, -0.05) is 82.8 Å². The summed E-state index contributed by atoms with van der Waals surface area (Å²) in [5.41, 5.74) is 0.0458. The highest BCUT2D eigenvalue weighted by molar-refractivity contribution is 6.55. The highest BCUT2D eigenvalue weighted by Gasteiger charge is 2.45. The molecule has 11 heteroatoms. The molecule has 4 rings (SSSR count). The number of halogens is 4. The van der Waals surface area contributed by atoms with Crippen LogP contribution in [0.15, 0.2) is 42.5 Å². The van der Waals surface area contributed by atoms with Gasteiger partial charge in [0.1, 0.15) is 6.04 Å². The average molecular weight is 540 g/mol.